The number of hydrogen-bond donors (Lipinski definition) is 0. The standard InChI is InChI=1S/C44H27NOS/c46-43-33-18-8-7-17-32(33)34-25-31(29-15-5-2-6-16-29)27-38-42(34)45(43)39-24-23-30(28-13-3-1-4-14-28)26-37(39)44(38)35-19-9-11-21-40(35)47-41-22-12-10-20-36(41)44/h1-27H. The van der Waals surface area contributed by atoms with E-state index in [2.05, 4.69) is 146 Å². The smallest absolute Gasteiger partial charge is 0.263 e. The molecule has 0 bridgehead atoms. The van der Waals surface area contributed by atoms with Crippen LogP contribution in [0.3, 0.4) is 0 Å². The molecule has 2 aliphatic rings. The van der Waals surface area contributed by atoms with Gasteiger partial charge in [0, 0.05) is 20.6 Å². The number of nitrogens with zero attached hydrogens (tertiary/aromatic N) is 1. The summed E-state index contributed by atoms with van der Waals surface area (Å²) in [6, 6.07) is 58.3. The topological polar surface area (TPSA) is 22.0 Å². The number of aromatic nitrogens is 1. The van der Waals surface area contributed by atoms with Gasteiger partial charge in [-0.25, -0.2) is 0 Å². The molecule has 3 heterocycles. The highest BCUT2D eigenvalue weighted by atomic mass is 32.2. The minimum absolute atomic E-state index is 0.0112. The quantitative estimate of drug-likeness (QED) is 0.180. The Morgan fingerprint density at radius 3 is 1.66 bits per heavy atom. The third-order valence-electron chi connectivity index (χ3n) is 10.0. The number of pyridine rings is 1. The van der Waals surface area contributed by atoms with Crippen molar-refractivity contribution >= 4 is 33.4 Å². The monoisotopic (exact) mass is 617 g/mol. The van der Waals surface area contributed by atoms with Gasteiger partial charge < -0.3 is 0 Å². The Kier molecular flexibility index (Phi) is 5.61. The zero-order chi connectivity index (χ0) is 31.1. The highest BCUT2D eigenvalue weighted by Gasteiger charge is 2.49. The van der Waals surface area contributed by atoms with Crippen molar-refractivity contribution < 1.29 is 0 Å². The molecule has 8 aromatic rings. The summed E-state index contributed by atoms with van der Waals surface area (Å²) >= 11 is 1.83. The lowest BCUT2D eigenvalue weighted by Gasteiger charge is -2.46. The molecular weight excluding hydrogens is 591 g/mol. The molecule has 7 aromatic carbocycles. The Morgan fingerprint density at radius 2 is 0.979 bits per heavy atom. The second-order valence-electron chi connectivity index (χ2n) is 12.4. The highest BCUT2D eigenvalue weighted by molar-refractivity contribution is 7.99. The van der Waals surface area contributed by atoms with E-state index in [1.165, 1.54) is 20.9 Å². The molecule has 0 saturated carbocycles. The fraction of sp³-hybridized carbons (Fsp3) is 0.0227. The van der Waals surface area contributed by atoms with E-state index in [1.54, 1.807) is 0 Å². The van der Waals surface area contributed by atoms with Crippen LogP contribution in [0.15, 0.2) is 178 Å². The van der Waals surface area contributed by atoms with Crippen LogP contribution in [0.25, 0.3) is 49.6 Å². The first-order chi connectivity index (χ1) is 23.2. The molecule has 0 unspecified atom stereocenters. The Hall–Kier alpha value is -5.64. The fourth-order valence-electron chi connectivity index (χ4n) is 8.08. The molecule has 1 spiro atoms. The number of fused-ring (bicyclic) bond motifs is 10. The van der Waals surface area contributed by atoms with Gasteiger partial charge in [-0.2, -0.15) is 0 Å². The third-order valence-corrected chi connectivity index (χ3v) is 11.2. The maximum atomic E-state index is 14.8. The summed E-state index contributed by atoms with van der Waals surface area (Å²) < 4.78 is 2.00. The Bertz CT molecular complexity index is 2570. The lowest BCUT2D eigenvalue weighted by molar-refractivity contribution is 0.684. The molecule has 10 rings (SSSR count). The van der Waals surface area contributed by atoms with Crippen LogP contribution >= 0.6 is 11.8 Å². The Balaban J connectivity index is 1.49. The number of benzene rings is 7. The van der Waals surface area contributed by atoms with Crippen molar-refractivity contribution in [2.75, 3.05) is 0 Å². The van der Waals surface area contributed by atoms with E-state index in [-0.39, 0.29) is 5.56 Å². The van der Waals surface area contributed by atoms with Gasteiger partial charge in [-0.3, -0.25) is 9.36 Å². The van der Waals surface area contributed by atoms with Gasteiger partial charge in [-0.1, -0.05) is 133 Å². The zero-order valence-electron chi connectivity index (χ0n) is 25.4. The van der Waals surface area contributed by atoms with Crippen molar-refractivity contribution in [1.82, 2.24) is 4.57 Å². The third kappa shape index (κ3) is 3.60. The van der Waals surface area contributed by atoms with Crippen LogP contribution in [0.2, 0.25) is 0 Å². The molecule has 0 N–H and O–H groups in total. The van der Waals surface area contributed by atoms with E-state index in [9.17, 15) is 4.79 Å². The van der Waals surface area contributed by atoms with E-state index in [1.807, 2.05) is 34.5 Å². The lowest BCUT2D eigenvalue weighted by Crippen LogP contribution is -2.40. The SMILES string of the molecule is O=c1c2ccccc2c2cc(-c3ccccc3)cc3c2n1-c1ccc(-c2ccccc2)cc1C31c2ccccc2Sc2ccccc21. The van der Waals surface area contributed by atoms with Gasteiger partial charge in [0.05, 0.1) is 16.6 Å². The fourth-order valence-corrected chi connectivity index (χ4v) is 9.27. The van der Waals surface area contributed by atoms with E-state index in [0.717, 1.165) is 60.7 Å². The van der Waals surface area contributed by atoms with Crippen LogP contribution in [0.4, 0.5) is 0 Å². The molecule has 0 aliphatic carbocycles. The van der Waals surface area contributed by atoms with Crippen LogP contribution in [-0.4, -0.2) is 4.57 Å². The van der Waals surface area contributed by atoms with Gasteiger partial charge >= 0.3 is 0 Å². The van der Waals surface area contributed by atoms with Crippen LogP contribution in [0.1, 0.15) is 22.3 Å². The van der Waals surface area contributed by atoms with Crippen molar-refractivity contribution in [1.29, 1.82) is 0 Å². The molecule has 1 aromatic heterocycles. The summed E-state index contributed by atoms with van der Waals surface area (Å²) in [5, 5.41) is 2.79. The minimum Gasteiger partial charge on any atom is -0.276 e. The summed E-state index contributed by atoms with van der Waals surface area (Å²) in [6.07, 6.45) is 0. The Morgan fingerprint density at radius 1 is 0.426 bits per heavy atom. The predicted molar refractivity (Wildman–Crippen MR) is 194 cm³/mol. The summed E-state index contributed by atoms with van der Waals surface area (Å²) in [5.74, 6) is 0. The first-order valence-corrected chi connectivity index (χ1v) is 16.8. The molecule has 2 aliphatic heterocycles. The van der Waals surface area contributed by atoms with E-state index < -0.39 is 5.41 Å². The summed E-state index contributed by atoms with van der Waals surface area (Å²) in [4.78, 5) is 17.2. The molecule has 2 nitrogen and oxygen atoms in total. The minimum atomic E-state index is -0.670. The first kappa shape index (κ1) is 26.6. The molecular formula is C44H27NOS. The van der Waals surface area contributed by atoms with E-state index >= 15 is 0 Å². The van der Waals surface area contributed by atoms with E-state index in [4.69, 9.17) is 0 Å². The van der Waals surface area contributed by atoms with Crippen molar-refractivity contribution in [2.45, 2.75) is 15.2 Å². The zero-order valence-corrected chi connectivity index (χ0v) is 26.2. The molecule has 0 radical (unpaired) electrons. The van der Waals surface area contributed by atoms with Gasteiger partial charge in [0.1, 0.15) is 0 Å². The molecule has 3 heteroatoms. The maximum Gasteiger partial charge on any atom is 0.263 e. The lowest BCUT2D eigenvalue weighted by atomic mass is 9.62. The van der Waals surface area contributed by atoms with Gasteiger partial charge in [0.25, 0.3) is 5.56 Å². The van der Waals surface area contributed by atoms with Crippen molar-refractivity contribution in [3.05, 3.63) is 196 Å². The summed E-state index contributed by atoms with van der Waals surface area (Å²) in [6.45, 7) is 0. The van der Waals surface area contributed by atoms with Gasteiger partial charge in [-0.15, -0.1) is 0 Å². The highest BCUT2D eigenvalue weighted by Crippen LogP contribution is 2.60. The molecule has 0 atom stereocenters. The van der Waals surface area contributed by atoms with Crippen molar-refractivity contribution in [2.24, 2.45) is 0 Å². The summed E-state index contributed by atoms with van der Waals surface area (Å²) in [7, 11) is 0. The average molecular weight is 618 g/mol. The predicted octanol–water partition coefficient (Wildman–Crippen LogP) is 10.6. The molecule has 0 fully saturated rings. The van der Waals surface area contributed by atoms with Crippen LogP contribution in [-0.2, 0) is 5.41 Å². The first-order valence-electron chi connectivity index (χ1n) is 16.0. The normalized spacial score (nSPS) is 13.7. The van der Waals surface area contributed by atoms with Gasteiger partial charge in [0.15, 0.2) is 0 Å². The van der Waals surface area contributed by atoms with Crippen molar-refractivity contribution in [3.8, 4) is 27.9 Å². The molecule has 220 valence electrons. The van der Waals surface area contributed by atoms with Crippen LogP contribution < -0.4 is 5.56 Å². The molecule has 0 amide bonds. The van der Waals surface area contributed by atoms with Gasteiger partial charge in [0.2, 0.25) is 0 Å². The maximum absolute atomic E-state index is 14.8. The Labute approximate surface area is 276 Å². The number of hydrogen-bond acceptors (Lipinski definition) is 2. The second-order valence-corrected chi connectivity index (χ2v) is 13.5. The largest absolute Gasteiger partial charge is 0.276 e. The summed E-state index contributed by atoms with van der Waals surface area (Å²) in [5.41, 5.74) is 10.6. The molecule has 0 saturated heterocycles. The average Bonchev–Trinajstić information content (AvgIpc) is 3.14. The number of rotatable bonds is 2. The second kappa shape index (κ2) is 9.93. The van der Waals surface area contributed by atoms with Crippen LogP contribution in [0, 0.1) is 0 Å². The van der Waals surface area contributed by atoms with E-state index in [0.29, 0.717) is 0 Å². The van der Waals surface area contributed by atoms with Gasteiger partial charge in [-0.05, 0) is 92.4 Å². The van der Waals surface area contributed by atoms with Crippen molar-refractivity contribution in [3.63, 3.8) is 0 Å². The molecule has 47 heavy (non-hydrogen) atoms. The van der Waals surface area contributed by atoms with Crippen LogP contribution in [0.5, 0.6) is 0 Å².